The van der Waals surface area contributed by atoms with Gasteiger partial charge in [-0.25, -0.2) is 4.79 Å². The van der Waals surface area contributed by atoms with Gasteiger partial charge < -0.3 is 15.9 Å². The van der Waals surface area contributed by atoms with Crippen molar-refractivity contribution in [1.82, 2.24) is 0 Å². The van der Waals surface area contributed by atoms with Crippen LogP contribution in [0.3, 0.4) is 0 Å². The number of phenolic OH excluding ortho intramolecular Hbond substituents is 1. The van der Waals surface area contributed by atoms with Gasteiger partial charge in [-0.05, 0) is 35.4 Å². The van der Waals surface area contributed by atoms with Gasteiger partial charge in [-0.3, -0.25) is 4.79 Å². The van der Waals surface area contributed by atoms with Crippen molar-refractivity contribution in [2.45, 2.75) is 0 Å². The molecule has 2 aromatic rings. The number of carboxylic acid groups (broad SMARTS) is 1. The molecule has 0 bridgehead atoms. The highest BCUT2D eigenvalue weighted by Crippen LogP contribution is 2.30. The molecule has 0 aliphatic rings. The SMILES string of the molecule is NC(=O)c1ccc(O)cc1-c1ccccc1C(=O)O. The van der Waals surface area contributed by atoms with Crippen molar-refractivity contribution < 1.29 is 19.8 Å². The highest BCUT2D eigenvalue weighted by Gasteiger charge is 2.16. The van der Waals surface area contributed by atoms with E-state index in [2.05, 4.69) is 0 Å². The summed E-state index contributed by atoms with van der Waals surface area (Å²) in [6.07, 6.45) is 0. The maximum atomic E-state index is 11.4. The number of aromatic carboxylic acids is 1. The average molecular weight is 257 g/mol. The van der Waals surface area contributed by atoms with Crippen LogP contribution < -0.4 is 5.73 Å². The molecular formula is C14H11NO4. The lowest BCUT2D eigenvalue weighted by atomic mass is 9.95. The first-order valence-corrected chi connectivity index (χ1v) is 5.46. The minimum absolute atomic E-state index is 0.0376. The van der Waals surface area contributed by atoms with E-state index in [0.29, 0.717) is 11.1 Å². The van der Waals surface area contributed by atoms with Gasteiger partial charge in [-0.2, -0.15) is 0 Å². The summed E-state index contributed by atoms with van der Waals surface area (Å²) in [5.41, 5.74) is 6.09. The predicted octanol–water partition coefficient (Wildman–Crippen LogP) is 1.86. The van der Waals surface area contributed by atoms with Crippen molar-refractivity contribution in [3.05, 3.63) is 53.6 Å². The van der Waals surface area contributed by atoms with Gasteiger partial charge in [0.2, 0.25) is 5.91 Å². The van der Waals surface area contributed by atoms with Crippen LogP contribution in [0.25, 0.3) is 11.1 Å². The zero-order chi connectivity index (χ0) is 14.0. The van der Waals surface area contributed by atoms with Gasteiger partial charge in [0.25, 0.3) is 0 Å². The number of carbonyl (C=O) groups excluding carboxylic acids is 1. The van der Waals surface area contributed by atoms with Crippen LogP contribution >= 0.6 is 0 Å². The number of phenols is 1. The van der Waals surface area contributed by atoms with E-state index in [0.717, 1.165) is 0 Å². The summed E-state index contributed by atoms with van der Waals surface area (Å²) in [7, 11) is 0. The lowest BCUT2D eigenvalue weighted by Gasteiger charge is -2.10. The van der Waals surface area contributed by atoms with E-state index < -0.39 is 11.9 Å². The van der Waals surface area contributed by atoms with Crippen molar-refractivity contribution in [1.29, 1.82) is 0 Å². The van der Waals surface area contributed by atoms with Gasteiger partial charge >= 0.3 is 5.97 Å². The summed E-state index contributed by atoms with van der Waals surface area (Å²) in [5.74, 6) is -1.87. The molecule has 0 fully saturated rings. The van der Waals surface area contributed by atoms with Crippen molar-refractivity contribution in [3.8, 4) is 16.9 Å². The van der Waals surface area contributed by atoms with Crippen LogP contribution in [0.15, 0.2) is 42.5 Å². The number of carbonyl (C=O) groups is 2. The Kier molecular flexibility index (Phi) is 3.20. The van der Waals surface area contributed by atoms with E-state index >= 15 is 0 Å². The molecule has 0 aliphatic heterocycles. The number of primary amides is 1. The molecule has 5 heteroatoms. The maximum Gasteiger partial charge on any atom is 0.336 e. The van der Waals surface area contributed by atoms with E-state index in [9.17, 15) is 14.7 Å². The molecule has 2 aromatic carbocycles. The monoisotopic (exact) mass is 257 g/mol. The zero-order valence-corrected chi connectivity index (χ0v) is 9.83. The Morgan fingerprint density at radius 2 is 1.63 bits per heavy atom. The Morgan fingerprint density at radius 1 is 0.947 bits per heavy atom. The average Bonchev–Trinajstić information content (AvgIpc) is 2.38. The first kappa shape index (κ1) is 12.6. The molecule has 5 nitrogen and oxygen atoms in total. The number of hydrogen-bond acceptors (Lipinski definition) is 3. The fraction of sp³-hybridized carbons (Fsp3) is 0. The number of aromatic hydroxyl groups is 1. The molecule has 0 saturated carbocycles. The van der Waals surface area contributed by atoms with Crippen LogP contribution in [-0.2, 0) is 0 Å². The topological polar surface area (TPSA) is 101 Å². The van der Waals surface area contributed by atoms with Gasteiger partial charge in [-0.15, -0.1) is 0 Å². The van der Waals surface area contributed by atoms with Crippen LogP contribution in [0.5, 0.6) is 5.75 Å². The number of amides is 1. The minimum Gasteiger partial charge on any atom is -0.508 e. The van der Waals surface area contributed by atoms with Gasteiger partial charge in [0, 0.05) is 5.56 Å². The van der Waals surface area contributed by atoms with Crippen molar-refractivity contribution in [2.24, 2.45) is 5.73 Å². The summed E-state index contributed by atoms with van der Waals surface area (Å²) in [6, 6.07) is 10.2. The third-order valence-corrected chi connectivity index (χ3v) is 2.72. The van der Waals surface area contributed by atoms with Crippen molar-refractivity contribution in [3.63, 3.8) is 0 Å². The third kappa shape index (κ3) is 2.40. The molecule has 0 saturated heterocycles. The number of hydrogen-bond donors (Lipinski definition) is 3. The highest BCUT2D eigenvalue weighted by molar-refractivity contribution is 6.04. The smallest absolute Gasteiger partial charge is 0.336 e. The van der Waals surface area contributed by atoms with Crippen LogP contribution in [-0.4, -0.2) is 22.1 Å². The van der Waals surface area contributed by atoms with Crippen molar-refractivity contribution >= 4 is 11.9 Å². The second kappa shape index (κ2) is 4.81. The molecule has 19 heavy (non-hydrogen) atoms. The Balaban J connectivity index is 2.75. The van der Waals surface area contributed by atoms with Crippen LogP contribution in [0, 0.1) is 0 Å². The predicted molar refractivity (Wildman–Crippen MR) is 69.0 cm³/mol. The molecule has 1 amide bonds. The van der Waals surface area contributed by atoms with Crippen LogP contribution in [0.2, 0.25) is 0 Å². The number of nitrogens with two attached hydrogens (primary N) is 1. The normalized spacial score (nSPS) is 10.1. The lowest BCUT2D eigenvalue weighted by molar-refractivity contribution is 0.0697. The number of benzene rings is 2. The zero-order valence-electron chi connectivity index (χ0n) is 9.83. The van der Waals surface area contributed by atoms with E-state index in [1.165, 1.54) is 24.3 Å². The van der Waals surface area contributed by atoms with Crippen LogP contribution in [0.4, 0.5) is 0 Å². The molecular weight excluding hydrogens is 246 g/mol. The molecule has 0 heterocycles. The summed E-state index contributed by atoms with van der Waals surface area (Å²) >= 11 is 0. The minimum atomic E-state index is -1.12. The molecule has 0 spiro atoms. The Hall–Kier alpha value is -2.82. The molecule has 0 aliphatic carbocycles. The lowest BCUT2D eigenvalue weighted by Crippen LogP contribution is -2.13. The molecule has 0 atom stereocenters. The molecule has 4 N–H and O–H groups in total. The summed E-state index contributed by atoms with van der Waals surface area (Å²) < 4.78 is 0. The molecule has 0 radical (unpaired) electrons. The van der Waals surface area contributed by atoms with Gasteiger partial charge in [0.05, 0.1) is 5.56 Å². The fourth-order valence-electron chi connectivity index (χ4n) is 1.87. The van der Waals surface area contributed by atoms with E-state index in [1.54, 1.807) is 18.2 Å². The standard InChI is InChI=1S/C14H11NO4/c15-13(17)10-6-5-8(16)7-12(10)9-3-1-2-4-11(9)14(18)19/h1-7,16H,(H2,15,17)(H,18,19). The second-order valence-electron chi connectivity index (χ2n) is 3.94. The molecule has 96 valence electrons. The first-order chi connectivity index (χ1) is 9.00. The van der Waals surface area contributed by atoms with Gasteiger partial charge in [0.1, 0.15) is 5.75 Å². The van der Waals surface area contributed by atoms with E-state index in [4.69, 9.17) is 10.8 Å². The summed E-state index contributed by atoms with van der Waals surface area (Å²) in [6.45, 7) is 0. The Morgan fingerprint density at radius 3 is 2.26 bits per heavy atom. The van der Waals surface area contributed by atoms with Crippen molar-refractivity contribution in [2.75, 3.05) is 0 Å². The van der Waals surface area contributed by atoms with Crippen LogP contribution in [0.1, 0.15) is 20.7 Å². The Labute approximate surface area is 108 Å². The second-order valence-corrected chi connectivity index (χ2v) is 3.94. The fourth-order valence-corrected chi connectivity index (χ4v) is 1.87. The third-order valence-electron chi connectivity index (χ3n) is 2.72. The number of carboxylic acids is 1. The quantitative estimate of drug-likeness (QED) is 0.781. The van der Waals surface area contributed by atoms with E-state index in [1.807, 2.05) is 0 Å². The largest absolute Gasteiger partial charge is 0.508 e. The van der Waals surface area contributed by atoms with Gasteiger partial charge in [0.15, 0.2) is 0 Å². The summed E-state index contributed by atoms with van der Waals surface area (Å²) in [4.78, 5) is 22.6. The highest BCUT2D eigenvalue weighted by atomic mass is 16.4. The first-order valence-electron chi connectivity index (χ1n) is 5.46. The molecule has 0 unspecified atom stereocenters. The van der Waals surface area contributed by atoms with E-state index in [-0.39, 0.29) is 16.9 Å². The van der Waals surface area contributed by atoms with Gasteiger partial charge in [-0.1, -0.05) is 18.2 Å². The Bertz CT molecular complexity index is 664. The molecule has 2 rings (SSSR count). The molecule has 0 aromatic heterocycles. The summed E-state index contributed by atoms with van der Waals surface area (Å²) in [5, 5.41) is 18.7. The maximum absolute atomic E-state index is 11.4. The number of rotatable bonds is 3.